The zero-order chi connectivity index (χ0) is 14.3. The highest BCUT2D eigenvalue weighted by Crippen LogP contribution is 2.33. The van der Waals surface area contributed by atoms with Gasteiger partial charge in [-0.25, -0.2) is 13.1 Å². The smallest absolute Gasteiger partial charge is 0.242 e. The molecule has 0 aliphatic heterocycles. The Hall–Kier alpha value is -0.690. The highest BCUT2D eigenvalue weighted by Gasteiger charge is 2.36. The predicted molar refractivity (Wildman–Crippen MR) is 79.9 cm³/mol. The average molecular weight is 319 g/mol. The van der Waals surface area contributed by atoms with E-state index in [1.165, 1.54) is 12.1 Å². The van der Waals surface area contributed by atoms with E-state index >= 15 is 0 Å². The molecule has 0 unspecified atom stereocenters. The molecule has 0 atom stereocenters. The molecule has 19 heavy (non-hydrogen) atoms. The van der Waals surface area contributed by atoms with Crippen LogP contribution in [0.5, 0.6) is 0 Å². The van der Waals surface area contributed by atoms with Crippen LogP contribution in [0.15, 0.2) is 23.1 Å². The highest BCUT2D eigenvalue weighted by molar-refractivity contribution is 7.89. The lowest BCUT2D eigenvalue weighted by molar-refractivity contribution is 0.248. The van der Waals surface area contributed by atoms with Crippen LogP contribution in [0.1, 0.15) is 31.7 Å². The number of nitrogens with two attached hydrogens (primary N) is 1. The summed E-state index contributed by atoms with van der Waals surface area (Å²) in [6.45, 7) is 1.89. The molecule has 1 aliphatic carbocycles. The lowest BCUT2D eigenvalue weighted by Gasteiger charge is -2.38. The van der Waals surface area contributed by atoms with Crippen molar-refractivity contribution >= 4 is 38.8 Å². The normalized spacial score (nSPS) is 17.8. The molecule has 0 aromatic heterocycles. The Morgan fingerprint density at radius 2 is 2.11 bits per heavy atom. The van der Waals surface area contributed by atoms with Gasteiger partial charge in [0, 0.05) is 11.1 Å². The van der Waals surface area contributed by atoms with E-state index < -0.39 is 10.0 Å². The summed E-state index contributed by atoms with van der Waals surface area (Å²) in [6.07, 6.45) is 2.69. The first-order chi connectivity index (χ1) is 8.73. The van der Waals surface area contributed by atoms with E-state index in [1.54, 1.807) is 6.07 Å². The van der Waals surface area contributed by atoms with Crippen LogP contribution in [-0.4, -0.2) is 18.9 Å². The first kappa shape index (κ1) is 14.7. The third kappa shape index (κ3) is 3.08. The van der Waals surface area contributed by atoms with E-state index in [0.717, 1.165) is 19.3 Å². The molecule has 104 valence electrons. The van der Waals surface area contributed by atoms with Crippen molar-refractivity contribution < 1.29 is 8.42 Å². The standard InChI is InChI=1S/C12H15ClN2O2S2/c1-12(5-2-6-12)15-19(16,17)10-7-8(11(14)18)3-4-9(10)13/h3-4,7,15H,2,5-6H2,1H3,(H2,14,18). The molecule has 1 aromatic carbocycles. The minimum absolute atomic E-state index is 0.0209. The quantitative estimate of drug-likeness (QED) is 0.835. The molecule has 2 rings (SSSR count). The van der Waals surface area contributed by atoms with Crippen LogP contribution in [0.3, 0.4) is 0 Å². The van der Waals surface area contributed by atoms with Crippen LogP contribution in [0.2, 0.25) is 5.02 Å². The Labute approximate surface area is 123 Å². The third-order valence-electron chi connectivity index (χ3n) is 3.34. The number of hydrogen-bond donors (Lipinski definition) is 2. The van der Waals surface area contributed by atoms with Crippen molar-refractivity contribution in [2.45, 2.75) is 36.6 Å². The topological polar surface area (TPSA) is 72.2 Å². The zero-order valence-electron chi connectivity index (χ0n) is 10.4. The number of benzene rings is 1. The van der Waals surface area contributed by atoms with E-state index in [4.69, 9.17) is 29.6 Å². The number of halogens is 1. The van der Waals surface area contributed by atoms with Crippen molar-refractivity contribution in [3.63, 3.8) is 0 Å². The molecule has 0 spiro atoms. The van der Waals surface area contributed by atoms with Gasteiger partial charge in [0.2, 0.25) is 10.0 Å². The third-order valence-corrected chi connectivity index (χ3v) is 5.70. The van der Waals surface area contributed by atoms with Gasteiger partial charge >= 0.3 is 0 Å². The Bertz CT molecular complexity index is 625. The van der Waals surface area contributed by atoms with Crippen molar-refractivity contribution in [2.24, 2.45) is 5.73 Å². The first-order valence-electron chi connectivity index (χ1n) is 5.87. The fourth-order valence-electron chi connectivity index (χ4n) is 2.05. The summed E-state index contributed by atoms with van der Waals surface area (Å²) in [5.74, 6) is 0. The molecule has 0 amide bonds. The predicted octanol–water partition coefficient (Wildman–Crippen LogP) is 2.20. The Morgan fingerprint density at radius 3 is 2.58 bits per heavy atom. The monoisotopic (exact) mass is 318 g/mol. The summed E-state index contributed by atoms with van der Waals surface area (Å²) in [5, 5.41) is 0.162. The van der Waals surface area contributed by atoms with Gasteiger partial charge in [-0.1, -0.05) is 29.9 Å². The van der Waals surface area contributed by atoms with Crippen LogP contribution < -0.4 is 10.5 Å². The van der Waals surface area contributed by atoms with E-state index in [-0.39, 0.29) is 20.4 Å². The van der Waals surface area contributed by atoms with Gasteiger partial charge < -0.3 is 5.73 Å². The average Bonchev–Trinajstić information content (AvgIpc) is 2.26. The van der Waals surface area contributed by atoms with Crippen molar-refractivity contribution in [1.29, 1.82) is 0 Å². The highest BCUT2D eigenvalue weighted by atomic mass is 35.5. The van der Waals surface area contributed by atoms with Gasteiger partial charge in [-0.15, -0.1) is 0 Å². The van der Waals surface area contributed by atoms with Crippen LogP contribution in [0.4, 0.5) is 0 Å². The molecule has 3 N–H and O–H groups in total. The summed E-state index contributed by atoms with van der Waals surface area (Å²) < 4.78 is 27.4. The van der Waals surface area contributed by atoms with E-state index in [2.05, 4.69) is 4.72 Å². The molecular weight excluding hydrogens is 304 g/mol. The van der Waals surface area contributed by atoms with E-state index in [1.807, 2.05) is 6.92 Å². The number of hydrogen-bond acceptors (Lipinski definition) is 3. The second kappa shape index (κ2) is 5.01. The Balaban J connectivity index is 2.39. The van der Waals surface area contributed by atoms with Crippen molar-refractivity contribution in [1.82, 2.24) is 4.72 Å². The molecular formula is C12H15ClN2O2S2. The van der Waals surface area contributed by atoms with E-state index in [0.29, 0.717) is 5.56 Å². The Morgan fingerprint density at radius 1 is 1.47 bits per heavy atom. The number of nitrogens with one attached hydrogen (secondary N) is 1. The second-order valence-electron chi connectivity index (χ2n) is 5.03. The molecule has 1 fully saturated rings. The second-order valence-corrected chi connectivity index (χ2v) is 7.53. The molecule has 0 bridgehead atoms. The lowest BCUT2D eigenvalue weighted by atomic mass is 9.80. The molecule has 1 aliphatic rings. The molecule has 0 radical (unpaired) electrons. The molecule has 0 saturated heterocycles. The summed E-state index contributed by atoms with van der Waals surface area (Å²) in [7, 11) is -3.66. The molecule has 1 saturated carbocycles. The summed E-state index contributed by atoms with van der Waals surface area (Å²) in [5.41, 5.74) is 5.62. The SMILES string of the molecule is CC1(NS(=O)(=O)c2cc(C(N)=S)ccc2Cl)CCC1. The maximum Gasteiger partial charge on any atom is 0.242 e. The largest absolute Gasteiger partial charge is 0.389 e. The Kier molecular flexibility index (Phi) is 3.88. The summed E-state index contributed by atoms with van der Waals surface area (Å²) in [6, 6.07) is 4.51. The van der Waals surface area contributed by atoms with Crippen molar-refractivity contribution in [3.8, 4) is 0 Å². The van der Waals surface area contributed by atoms with Gasteiger partial charge in [-0.2, -0.15) is 0 Å². The van der Waals surface area contributed by atoms with E-state index in [9.17, 15) is 8.42 Å². The van der Waals surface area contributed by atoms with Crippen LogP contribution in [-0.2, 0) is 10.0 Å². The van der Waals surface area contributed by atoms with Crippen LogP contribution >= 0.6 is 23.8 Å². The number of thiocarbonyl (C=S) groups is 1. The number of rotatable bonds is 4. The number of sulfonamides is 1. The lowest BCUT2D eigenvalue weighted by Crippen LogP contribution is -2.50. The van der Waals surface area contributed by atoms with Crippen LogP contribution in [0.25, 0.3) is 0 Å². The van der Waals surface area contributed by atoms with Gasteiger partial charge in [0.05, 0.1) is 5.02 Å². The zero-order valence-corrected chi connectivity index (χ0v) is 12.8. The van der Waals surface area contributed by atoms with Gasteiger partial charge in [0.1, 0.15) is 9.88 Å². The van der Waals surface area contributed by atoms with Gasteiger partial charge in [0.15, 0.2) is 0 Å². The molecule has 1 aromatic rings. The van der Waals surface area contributed by atoms with Crippen molar-refractivity contribution in [3.05, 3.63) is 28.8 Å². The minimum Gasteiger partial charge on any atom is -0.389 e. The van der Waals surface area contributed by atoms with Crippen LogP contribution in [0, 0.1) is 0 Å². The molecule has 0 heterocycles. The maximum absolute atomic E-state index is 12.4. The summed E-state index contributed by atoms with van der Waals surface area (Å²) in [4.78, 5) is 0.163. The van der Waals surface area contributed by atoms with Gasteiger partial charge in [-0.05, 0) is 38.3 Å². The van der Waals surface area contributed by atoms with Crippen molar-refractivity contribution in [2.75, 3.05) is 0 Å². The minimum atomic E-state index is -3.66. The first-order valence-corrected chi connectivity index (χ1v) is 8.14. The fraction of sp³-hybridized carbons (Fsp3) is 0.417. The fourth-order valence-corrected chi connectivity index (χ4v) is 4.17. The maximum atomic E-state index is 12.4. The van der Waals surface area contributed by atoms with Gasteiger partial charge in [0.25, 0.3) is 0 Å². The van der Waals surface area contributed by atoms with Gasteiger partial charge in [-0.3, -0.25) is 0 Å². The summed E-state index contributed by atoms with van der Waals surface area (Å²) >= 11 is 10.8. The molecule has 4 nitrogen and oxygen atoms in total. The molecule has 7 heteroatoms.